The average Bonchev–Trinajstić information content (AvgIpc) is 3.15. The molecule has 2 unspecified atom stereocenters. The normalized spacial score (nSPS) is 14.4. The number of hydrogen-bond acceptors (Lipinski definition) is 9. The Kier molecular flexibility index (Phi) is 37.7. The molecule has 11 heteroatoms. The van der Waals surface area contributed by atoms with E-state index in [1.54, 1.807) is 6.08 Å². The first kappa shape index (κ1) is 51.9. The summed E-state index contributed by atoms with van der Waals surface area (Å²) in [5, 5.41) is 9.86. The highest BCUT2D eigenvalue weighted by Crippen LogP contribution is 2.43. The van der Waals surface area contributed by atoms with Gasteiger partial charge in [-0.2, -0.15) is 0 Å². The Morgan fingerprint density at radius 3 is 1.76 bits per heavy atom. The largest absolute Gasteiger partial charge is 0.472 e. The molecule has 0 aliphatic heterocycles. The molecule has 0 aromatic heterocycles. The van der Waals surface area contributed by atoms with E-state index in [-0.39, 0.29) is 32.6 Å². The number of carbonyl (C=O) groups excluding carboxylic acids is 2. The number of hydrogen-bond donors (Lipinski definition) is 3. The molecule has 4 N–H and O–H groups in total. The predicted octanol–water partition coefficient (Wildman–Crippen LogP) is 10.9. The fourth-order valence-corrected chi connectivity index (χ4v) is 6.37. The zero-order valence-corrected chi connectivity index (χ0v) is 35.0. The van der Waals surface area contributed by atoms with Crippen LogP contribution < -0.4 is 5.73 Å². The maximum Gasteiger partial charge on any atom is 0.472 e. The van der Waals surface area contributed by atoms with Crippen molar-refractivity contribution in [1.82, 2.24) is 0 Å². The molecule has 0 aliphatic carbocycles. The quantitative estimate of drug-likeness (QED) is 0.0180. The van der Waals surface area contributed by atoms with E-state index in [4.69, 9.17) is 24.3 Å². The molecule has 0 bridgehead atoms. The number of phosphoric ester groups is 1. The summed E-state index contributed by atoms with van der Waals surface area (Å²) >= 11 is 0. The number of aliphatic hydroxyl groups is 1. The molecule has 0 aromatic rings. The van der Waals surface area contributed by atoms with Crippen LogP contribution in [0.15, 0.2) is 48.6 Å². The van der Waals surface area contributed by atoms with Gasteiger partial charge in [0.25, 0.3) is 0 Å². The molecule has 54 heavy (non-hydrogen) atoms. The highest BCUT2D eigenvalue weighted by Gasteiger charge is 2.26. The fraction of sp³-hybridized carbons (Fsp3) is 0.767. The van der Waals surface area contributed by atoms with E-state index >= 15 is 0 Å². The van der Waals surface area contributed by atoms with Gasteiger partial charge in [-0.25, -0.2) is 4.57 Å². The van der Waals surface area contributed by atoms with Crippen LogP contribution in [-0.4, -0.2) is 60.5 Å². The van der Waals surface area contributed by atoms with Gasteiger partial charge >= 0.3 is 19.8 Å². The molecule has 0 amide bonds. The van der Waals surface area contributed by atoms with Crippen molar-refractivity contribution in [3.8, 4) is 0 Å². The second-order valence-corrected chi connectivity index (χ2v) is 15.5. The Labute approximate surface area is 329 Å². The molecule has 0 radical (unpaired) electrons. The molecule has 0 aliphatic rings. The van der Waals surface area contributed by atoms with Crippen LogP contribution in [0, 0.1) is 0 Å². The maximum atomic E-state index is 12.6. The van der Waals surface area contributed by atoms with E-state index in [1.807, 2.05) is 24.3 Å². The minimum Gasteiger partial charge on any atom is -0.462 e. The third kappa shape index (κ3) is 38.2. The number of aliphatic hydroxyl groups excluding tert-OH is 1. The van der Waals surface area contributed by atoms with Gasteiger partial charge in [-0.1, -0.05) is 146 Å². The molecule has 10 nitrogen and oxygen atoms in total. The van der Waals surface area contributed by atoms with E-state index in [9.17, 15) is 24.2 Å². The van der Waals surface area contributed by atoms with Gasteiger partial charge in [0.15, 0.2) is 6.10 Å². The molecule has 0 saturated carbocycles. The Bertz CT molecular complexity index is 1050. The van der Waals surface area contributed by atoms with Gasteiger partial charge in [-0.05, 0) is 64.2 Å². The van der Waals surface area contributed by atoms with Crippen molar-refractivity contribution < 1.29 is 42.7 Å². The van der Waals surface area contributed by atoms with Crippen LogP contribution in [0.25, 0.3) is 0 Å². The number of phosphoric acid groups is 1. The second kappa shape index (κ2) is 39.2. The van der Waals surface area contributed by atoms with Crippen molar-refractivity contribution in [3.05, 3.63) is 48.6 Å². The maximum absolute atomic E-state index is 12.6. The van der Waals surface area contributed by atoms with E-state index in [0.717, 1.165) is 64.2 Å². The van der Waals surface area contributed by atoms with E-state index in [1.165, 1.54) is 64.2 Å². The van der Waals surface area contributed by atoms with Crippen LogP contribution in [0.2, 0.25) is 0 Å². The molecular formula is C43H78NO9P. The van der Waals surface area contributed by atoms with Crippen molar-refractivity contribution >= 4 is 19.8 Å². The molecular weight excluding hydrogens is 705 g/mol. The summed E-state index contributed by atoms with van der Waals surface area (Å²) in [6.45, 7) is 3.46. The van der Waals surface area contributed by atoms with Crippen LogP contribution in [0.4, 0.5) is 0 Å². The fourth-order valence-electron chi connectivity index (χ4n) is 5.61. The summed E-state index contributed by atoms with van der Waals surface area (Å²) in [5.41, 5.74) is 5.34. The highest BCUT2D eigenvalue weighted by molar-refractivity contribution is 7.47. The predicted molar refractivity (Wildman–Crippen MR) is 221 cm³/mol. The van der Waals surface area contributed by atoms with Gasteiger partial charge in [-0.3, -0.25) is 18.6 Å². The van der Waals surface area contributed by atoms with Crippen LogP contribution in [0.3, 0.4) is 0 Å². The molecule has 0 heterocycles. The smallest absolute Gasteiger partial charge is 0.462 e. The zero-order chi connectivity index (χ0) is 39.8. The molecule has 0 aromatic carbocycles. The number of carbonyl (C=O) groups is 2. The van der Waals surface area contributed by atoms with Gasteiger partial charge in [0, 0.05) is 19.4 Å². The summed E-state index contributed by atoms with van der Waals surface area (Å²) in [7, 11) is -4.40. The average molecular weight is 784 g/mol. The third-order valence-electron chi connectivity index (χ3n) is 8.78. The topological polar surface area (TPSA) is 155 Å². The first-order chi connectivity index (χ1) is 26.2. The number of rotatable bonds is 39. The third-order valence-corrected chi connectivity index (χ3v) is 9.76. The number of esters is 2. The van der Waals surface area contributed by atoms with Gasteiger partial charge in [0.2, 0.25) is 0 Å². The van der Waals surface area contributed by atoms with E-state index < -0.39 is 38.6 Å². The van der Waals surface area contributed by atoms with Crippen molar-refractivity contribution in [2.45, 2.75) is 187 Å². The summed E-state index contributed by atoms with van der Waals surface area (Å²) in [6, 6.07) is 0. The van der Waals surface area contributed by atoms with Gasteiger partial charge in [0.1, 0.15) is 6.61 Å². The standard InChI is InChI=1S/C43H78NO9P/c1-3-5-7-8-9-10-11-12-13-14-15-16-17-20-23-26-30-34-42(46)50-38-41(39-52-54(48,49)51-37-36-44)53-43(47)35-31-27-24-21-18-19-22-25-29-33-40(45)32-28-6-4-2/h6,12-13,22,25,28-29,33,40-41,45H,3-5,7-11,14-21,23-24,26-27,30-32,34-39,44H2,1-2H3,(H,48,49)/b13-12-,25-22+,28-6+,33-29+/t40?,41-/m1/s1. The van der Waals surface area contributed by atoms with Crippen LogP contribution in [0.1, 0.15) is 174 Å². The van der Waals surface area contributed by atoms with Crippen LogP contribution in [-0.2, 0) is 32.7 Å². The Morgan fingerprint density at radius 2 is 1.19 bits per heavy atom. The number of allylic oxidation sites excluding steroid dienone is 6. The molecule has 0 fully saturated rings. The monoisotopic (exact) mass is 784 g/mol. The minimum atomic E-state index is -4.40. The zero-order valence-electron chi connectivity index (χ0n) is 34.1. The molecule has 0 spiro atoms. The molecule has 3 atom stereocenters. The minimum absolute atomic E-state index is 0.0391. The van der Waals surface area contributed by atoms with Gasteiger partial charge in [-0.15, -0.1) is 0 Å². The highest BCUT2D eigenvalue weighted by atomic mass is 31.2. The van der Waals surface area contributed by atoms with Gasteiger partial charge < -0.3 is 25.2 Å². The lowest BCUT2D eigenvalue weighted by molar-refractivity contribution is -0.161. The Morgan fingerprint density at radius 1 is 0.648 bits per heavy atom. The lowest BCUT2D eigenvalue weighted by atomic mass is 10.1. The summed E-state index contributed by atoms with van der Waals surface area (Å²) < 4.78 is 32.7. The van der Waals surface area contributed by atoms with Crippen molar-refractivity contribution in [3.63, 3.8) is 0 Å². The van der Waals surface area contributed by atoms with Crippen molar-refractivity contribution in [2.75, 3.05) is 26.4 Å². The SMILES string of the molecule is CC/C=C/CC(O)/C=C/C=C/CCCCCCCC(=O)O[C@H](COC(=O)CCCCCCCCC/C=C\CCCCCCCC)COP(=O)(O)OCCN. The first-order valence-electron chi connectivity index (χ1n) is 21.2. The van der Waals surface area contributed by atoms with E-state index in [2.05, 4.69) is 32.1 Å². The number of unbranched alkanes of at least 4 members (excludes halogenated alkanes) is 18. The van der Waals surface area contributed by atoms with Crippen LogP contribution in [0.5, 0.6) is 0 Å². The number of ether oxygens (including phenoxy) is 2. The lowest BCUT2D eigenvalue weighted by Gasteiger charge is -2.19. The Balaban J connectivity index is 4.23. The van der Waals surface area contributed by atoms with Crippen LogP contribution >= 0.6 is 7.82 Å². The molecule has 0 saturated heterocycles. The second-order valence-electron chi connectivity index (χ2n) is 14.0. The van der Waals surface area contributed by atoms with Gasteiger partial charge in [0.05, 0.1) is 19.3 Å². The van der Waals surface area contributed by atoms with Crippen molar-refractivity contribution in [2.24, 2.45) is 5.73 Å². The molecule has 314 valence electrons. The summed E-state index contributed by atoms with van der Waals surface area (Å²) in [6.07, 6.45) is 40.4. The van der Waals surface area contributed by atoms with Crippen molar-refractivity contribution in [1.29, 1.82) is 0 Å². The van der Waals surface area contributed by atoms with E-state index in [0.29, 0.717) is 19.3 Å². The Hall–Kier alpha value is -2.07. The summed E-state index contributed by atoms with van der Waals surface area (Å²) in [4.78, 5) is 34.8. The lowest BCUT2D eigenvalue weighted by Crippen LogP contribution is -2.29. The number of nitrogens with two attached hydrogens (primary N) is 1. The summed E-state index contributed by atoms with van der Waals surface area (Å²) in [5.74, 6) is -0.889. The first-order valence-corrected chi connectivity index (χ1v) is 22.7. The molecule has 0 rings (SSSR count).